The average molecular weight is 385 g/mol. The monoisotopic (exact) mass is 384 g/mol. The number of hydrogen-bond acceptors (Lipinski definition) is 3. The van der Waals surface area contributed by atoms with E-state index < -0.39 is 0 Å². The molecule has 0 unspecified atom stereocenters. The van der Waals surface area contributed by atoms with E-state index in [2.05, 4.69) is 10.6 Å². The number of carbonyl (C=O) groups excluding carboxylic acids is 2. The molecule has 4 bridgehead atoms. The lowest BCUT2D eigenvalue weighted by Gasteiger charge is -2.55. The third-order valence-corrected chi connectivity index (χ3v) is 6.85. The van der Waals surface area contributed by atoms with Crippen LogP contribution >= 0.6 is 0 Å². The van der Waals surface area contributed by atoms with E-state index in [4.69, 9.17) is 4.74 Å². The van der Waals surface area contributed by atoms with Crippen LogP contribution in [-0.4, -0.2) is 25.0 Å². The first-order valence-corrected chi connectivity index (χ1v) is 10.9. The number of nitrogens with one attached hydrogen (secondary N) is 2. The number of rotatable bonds is 8. The van der Waals surface area contributed by atoms with Crippen molar-refractivity contribution in [1.29, 1.82) is 0 Å². The summed E-state index contributed by atoms with van der Waals surface area (Å²) in [5.74, 6) is 3.20. The Morgan fingerprint density at radius 1 is 1.07 bits per heavy atom. The minimum atomic E-state index is -0.104. The van der Waals surface area contributed by atoms with Crippen LogP contribution in [0.4, 0.5) is 5.69 Å². The van der Waals surface area contributed by atoms with E-state index >= 15 is 0 Å². The van der Waals surface area contributed by atoms with Crippen LogP contribution in [0.1, 0.15) is 58.3 Å². The van der Waals surface area contributed by atoms with Crippen molar-refractivity contribution < 1.29 is 14.3 Å². The van der Waals surface area contributed by atoms with Crippen molar-refractivity contribution in [3.05, 3.63) is 24.3 Å². The van der Waals surface area contributed by atoms with Crippen LogP contribution in [-0.2, 0) is 9.59 Å². The van der Waals surface area contributed by atoms with Crippen molar-refractivity contribution in [3.63, 3.8) is 0 Å². The smallest absolute Gasteiger partial charge is 0.226 e. The highest BCUT2D eigenvalue weighted by Crippen LogP contribution is 2.60. The maximum atomic E-state index is 12.9. The zero-order valence-electron chi connectivity index (χ0n) is 16.8. The highest BCUT2D eigenvalue weighted by Gasteiger charge is 2.54. The Bertz CT molecular complexity index is 695. The summed E-state index contributed by atoms with van der Waals surface area (Å²) in [6, 6.07) is 7.47. The predicted molar refractivity (Wildman–Crippen MR) is 109 cm³/mol. The Morgan fingerprint density at radius 3 is 2.36 bits per heavy atom. The molecule has 4 fully saturated rings. The van der Waals surface area contributed by atoms with Gasteiger partial charge in [-0.3, -0.25) is 9.59 Å². The summed E-state index contributed by atoms with van der Waals surface area (Å²) in [6.45, 7) is 3.05. The van der Waals surface area contributed by atoms with E-state index in [-0.39, 0.29) is 17.2 Å². The lowest BCUT2D eigenvalue weighted by atomic mass is 9.49. The van der Waals surface area contributed by atoms with Crippen molar-refractivity contribution in [3.8, 4) is 5.75 Å². The number of para-hydroxylation sites is 2. The molecule has 1 aromatic rings. The molecule has 4 aliphatic carbocycles. The molecule has 0 aromatic heterocycles. The molecule has 0 spiro atoms. The van der Waals surface area contributed by atoms with Gasteiger partial charge in [-0.1, -0.05) is 12.1 Å². The average Bonchev–Trinajstić information content (AvgIpc) is 2.66. The summed E-state index contributed by atoms with van der Waals surface area (Å²) in [5, 5.41) is 6.06. The molecule has 5 rings (SSSR count). The summed E-state index contributed by atoms with van der Waals surface area (Å²) in [6.07, 6.45) is 8.32. The first-order chi connectivity index (χ1) is 13.6. The van der Waals surface area contributed by atoms with Gasteiger partial charge < -0.3 is 15.4 Å². The van der Waals surface area contributed by atoms with Crippen LogP contribution in [0.15, 0.2) is 24.3 Å². The summed E-state index contributed by atoms with van der Waals surface area (Å²) in [5.41, 5.74) is 0.597. The van der Waals surface area contributed by atoms with Gasteiger partial charge in [0.2, 0.25) is 11.8 Å². The van der Waals surface area contributed by atoms with Crippen LogP contribution in [0.3, 0.4) is 0 Å². The third-order valence-electron chi connectivity index (χ3n) is 6.85. The van der Waals surface area contributed by atoms with E-state index in [1.807, 2.05) is 31.2 Å². The molecular weight excluding hydrogens is 352 g/mol. The van der Waals surface area contributed by atoms with Gasteiger partial charge in [-0.25, -0.2) is 0 Å². The van der Waals surface area contributed by atoms with Crippen molar-refractivity contribution in [2.45, 2.75) is 58.3 Å². The molecule has 2 N–H and O–H groups in total. The molecule has 5 nitrogen and oxygen atoms in total. The second kappa shape index (κ2) is 8.14. The Hall–Kier alpha value is -2.04. The zero-order chi connectivity index (χ0) is 19.6. The largest absolute Gasteiger partial charge is 0.492 e. The van der Waals surface area contributed by atoms with Gasteiger partial charge in [0.1, 0.15) is 5.75 Å². The Morgan fingerprint density at radius 2 is 1.71 bits per heavy atom. The maximum Gasteiger partial charge on any atom is 0.226 e. The zero-order valence-corrected chi connectivity index (χ0v) is 16.8. The fourth-order valence-corrected chi connectivity index (χ4v) is 6.09. The van der Waals surface area contributed by atoms with Crippen molar-refractivity contribution in [1.82, 2.24) is 5.32 Å². The van der Waals surface area contributed by atoms with Crippen molar-refractivity contribution >= 4 is 17.5 Å². The number of benzene rings is 1. The molecule has 152 valence electrons. The van der Waals surface area contributed by atoms with E-state index in [0.29, 0.717) is 37.4 Å². The predicted octanol–water partition coefficient (Wildman–Crippen LogP) is 4.14. The number of carbonyl (C=O) groups is 2. The van der Waals surface area contributed by atoms with E-state index in [1.54, 1.807) is 0 Å². The van der Waals surface area contributed by atoms with Crippen LogP contribution in [0, 0.1) is 23.2 Å². The van der Waals surface area contributed by atoms with Gasteiger partial charge in [-0.15, -0.1) is 0 Å². The summed E-state index contributed by atoms with van der Waals surface area (Å²) in [4.78, 5) is 25.2. The van der Waals surface area contributed by atoms with Gasteiger partial charge in [-0.2, -0.15) is 0 Å². The normalized spacial score (nSPS) is 30.1. The second-order valence-electron chi connectivity index (χ2n) is 9.03. The third kappa shape index (κ3) is 4.03. The van der Waals surface area contributed by atoms with E-state index in [1.165, 1.54) is 19.3 Å². The highest BCUT2D eigenvalue weighted by molar-refractivity contribution is 5.92. The summed E-state index contributed by atoms with van der Waals surface area (Å²) >= 11 is 0. The molecule has 4 aliphatic rings. The molecule has 0 heterocycles. The minimum Gasteiger partial charge on any atom is -0.492 e. The van der Waals surface area contributed by atoms with Gasteiger partial charge in [0, 0.05) is 18.4 Å². The Labute approximate surface area is 167 Å². The quantitative estimate of drug-likeness (QED) is 0.662. The minimum absolute atomic E-state index is 0.0452. The molecule has 1 aromatic carbocycles. The standard InChI is InChI=1S/C23H32N2O3/c1-2-28-20-7-4-3-6-19(20)25-21(26)8-5-9-24-22(27)23-13-16-10-17(14-23)12-18(11-16)15-23/h3-4,6-7,16-18H,2,5,8-15H2,1H3,(H,24,27)(H,25,26). The van der Waals surface area contributed by atoms with Crippen LogP contribution in [0.25, 0.3) is 0 Å². The molecule has 4 saturated carbocycles. The fourth-order valence-electron chi connectivity index (χ4n) is 6.09. The van der Waals surface area contributed by atoms with Gasteiger partial charge in [-0.05, 0) is 81.8 Å². The first-order valence-electron chi connectivity index (χ1n) is 10.9. The SMILES string of the molecule is CCOc1ccccc1NC(=O)CCCNC(=O)C12CC3CC(CC(C3)C1)C2. The van der Waals surface area contributed by atoms with Crippen LogP contribution < -0.4 is 15.4 Å². The molecule has 0 aliphatic heterocycles. The second-order valence-corrected chi connectivity index (χ2v) is 9.03. The number of ether oxygens (including phenoxy) is 1. The first kappa shape index (κ1) is 19.3. The topological polar surface area (TPSA) is 67.4 Å². The molecular formula is C23H32N2O3. The van der Waals surface area contributed by atoms with Gasteiger partial charge >= 0.3 is 0 Å². The van der Waals surface area contributed by atoms with Crippen molar-refractivity contribution in [2.75, 3.05) is 18.5 Å². The van der Waals surface area contributed by atoms with Crippen LogP contribution in [0.2, 0.25) is 0 Å². The number of hydrogen-bond donors (Lipinski definition) is 2. The molecule has 5 heteroatoms. The fraction of sp³-hybridized carbons (Fsp3) is 0.652. The van der Waals surface area contributed by atoms with Gasteiger partial charge in [0.05, 0.1) is 12.3 Å². The summed E-state index contributed by atoms with van der Waals surface area (Å²) in [7, 11) is 0. The lowest BCUT2D eigenvalue weighted by Crippen LogP contribution is -2.53. The maximum absolute atomic E-state index is 12.9. The van der Waals surface area contributed by atoms with Crippen LogP contribution in [0.5, 0.6) is 5.75 Å². The molecule has 0 radical (unpaired) electrons. The highest BCUT2D eigenvalue weighted by atomic mass is 16.5. The van der Waals surface area contributed by atoms with Gasteiger partial charge in [0.25, 0.3) is 0 Å². The lowest BCUT2D eigenvalue weighted by molar-refractivity contribution is -0.146. The number of amides is 2. The molecule has 0 saturated heterocycles. The van der Waals surface area contributed by atoms with E-state index in [9.17, 15) is 9.59 Å². The number of anilines is 1. The van der Waals surface area contributed by atoms with E-state index in [0.717, 1.165) is 37.0 Å². The molecule has 28 heavy (non-hydrogen) atoms. The Balaban J connectivity index is 1.22. The Kier molecular flexibility index (Phi) is 5.61. The summed E-state index contributed by atoms with van der Waals surface area (Å²) < 4.78 is 5.54. The van der Waals surface area contributed by atoms with Gasteiger partial charge in [0.15, 0.2) is 0 Å². The molecule has 2 amide bonds. The van der Waals surface area contributed by atoms with Crippen molar-refractivity contribution in [2.24, 2.45) is 23.2 Å². The molecule has 0 atom stereocenters.